The summed E-state index contributed by atoms with van der Waals surface area (Å²) in [5, 5.41) is 9.48. The molecule has 260 valence electrons. The fourth-order valence-corrected chi connectivity index (χ4v) is 6.32. The Morgan fingerprint density at radius 1 is 0.918 bits per heavy atom. The third-order valence-corrected chi connectivity index (χ3v) is 8.85. The predicted octanol–water partition coefficient (Wildman–Crippen LogP) is 10.4. The molecule has 1 aliphatic heterocycles. The van der Waals surface area contributed by atoms with E-state index in [9.17, 15) is 54.2 Å². The van der Waals surface area contributed by atoms with Gasteiger partial charge in [-0.1, -0.05) is 29.8 Å². The number of amides is 1. The van der Waals surface area contributed by atoms with Gasteiger partial charge in [0.25, 0.3) is 0 Å². The highest BCUT2D eigenvalue weighted by atomic mass is 35.5. The number of allylic oxidation sites excluding steroid dienone is 3. The van der Waals surface area contributed by atoms with Crippen LogP contribution in [0.25, 0.3) is 11.1 Å². The van der Waals surface area contributed by atoms with Gasteiger partial charge in [-0.05, 0) is 102 Å². The van der Waals surface area contributed by atoms with Crippen LogP contribution in [0.3, 0.4) is 0 Å². The van der Waals surface area contributed by atoms with E-state index in [0.717, 1.165) is 17.1 Å². The van der Waals surface area contributed by atoms with Crippen molar-refractivity contribution in [1.82, 2.24) is 4.90 Å². The average molecular weight is 718 g/mol. The first-order chi connectivity index (χ1) is 22.6. The number of aromatic carboxylic acids is 1. The van der Waals surface area contributed by atoms with Gasteiger partial charge in [-0.2, -0.15) is 39.5 Å². The molecule has 1 heterocycles. The van der Waals surface area contributed by atoms with Crippen LogP contribution in [0.4, 0.5) is 44.3 Å². The van der Waals surface area contributed by atoms with Gasteiger partial charge in [-0.15, -0.1) is 0 Å². The molecule has 2 aliphatic rings. The Hall–Kier alpha value is -4.46. The molecule has 3 aromatic carbocycles. The summed E-state index contributed by atoms with van der Waals surface area (Å²) < 4.78 is 128. The Bertz CT molecular complexity index is 1850. The third kappa shape index (κ3) is 7.43. The van der Waals surface area contributed by atoms with E-state index < -0.39 is 77.5 Å². The smallest absolute Gasteiger partial charge is 0.416 e. The van der Waals surface area contributed by atoms with E-state index in [1.165, 1.54) is 25.1 Å². The van der Waals surface area contributed by atoms with Crippen LogP contribution in [0.5, 0.6) is 0 Å². The summed E-state index contributed by atoms with van der Waals surface area (Å²) in [6.45, 7) is 2.28. The molecular weight excluding hydrogens is 693 g/mol. The van der Waals surface area contributed by atoms with Crippen LogP contribution < -0.4 is 0 Å². The van der Waals surface area contributed by atoms with Crippen LogP contribution in [-0.4, -0.2) is 40.4 Å². The molecule has 3 atom stereocenters. The Kier molecular flexibility index (Phi) is 9.34. The van der Waals surface area contributed by atoms with Crippen LogP contribution >= 0.6 is 11.6 Å². The van der Waals surface area contributed by atoms with E-state index in [1.54, 1.807) is 25.1 Å². The lowest BCUT2D eigenvalue weighted by molar-refractivity contribution is -0.143. The average Bonchev–Trinajstić information content (AvgIpc) is 3.28. The number of halogens is 10. The molecule has 15 heteroatoms. The number of nitrogens with zero attached hydrogens (tertiary/aromatic N) is 1. The third-order valence-electron chi connectivity index (χ3n) is 8.50. The molecule has 0 radical (unpaired) electrons. The van der Waals surface area contributed by atoms with Gasteiger partial charge in [-0.3, -0.25) is 4.90 Å². The second kappa shape index (κ2) is 12.8. The summed E-state index contributed by atoms with van der Waals surface area (Å²) in [6.07, 6.45) is -16.1. The first kappa shape index (κ1) is 35.8. The number of cyclic esters (lactones) is 1. The molecule has 0 aromatic heterocycles. The number of carboxylic acids is 1. The molecular formula is C34H25ClF9NO4. The number of hydrogen-bond acceptors (Lipinski definition) is 3. The molecule has 3 aromatic rings. The number of ether oxygens (including phenoxy) is 1. The Morgan fingerprint density at radius 3 is 2.10 bits per heavy atom. The van der Waals surface area contributed by atoms with Gasteiger partial charge in [0.2, 0.25) is 0 Å². The summed E-state index contributed by atoms with van der Waals surface area (Å²) in [5.41, 5.74) is -2.63. The normalized spacial score (nSPS) is 20.2. The zero-order chi connectivity index (χ0) is 36.2. The van der Waals surface area contributed by atoms with Gasteiger partial charge in [0, 0.05) is 17.5 Å². The standard InChI is InChI=1S/C34H25ClF9NO4/c1-16-9-20(30(46)47)3-6-24(16)19-4-8-28(35)26(12-19)25-7-5-21(32(36,37)38)14-27(25)29-17(2)45(31(48)49-29)15-18-10-22(33(39,40)41)13-23(11-18)34(42,43)44/h3-6,8-14,17,25,29H,7,15H2,1-2H3,(H,46,47)/t17-,25?,29?/m1/s1. The fraction of sp³-hybridized carbons (Fsp3) is 0.294. The highest BCUT2D eigenvalue weighted by Gasteiger charge is 2.46. The van der Waals surface area contributed by atoms with Crippen LogP contribution in [0, 0.1) is 6.92 Å². The lowest BCUT2D eigenvalue weighted by atomic mass is 9.78. The molecule has 0 bridgehead atoms. The molecule has 1 aliphatic carbocycles. The number of carbonyl (C=O) groups excluding carboxylic acids is 1. The number of rotatable bonds is 6. The van der Waals surface area contributed by atoms with E-state index in [2.05, 4.69) is 0 Å². The number of aryl methyl sites for hydroxylation is 1. The van der Waals surface area contributed by atoms with Gasteiger partial charge in [0.15, 0.2) is 0 Å². The van der Waals surface area contributed by atoms with Gasteiger partial charge in [0.05, 0.1) is 28.3 Å². The Balaban J connectivity index is 1.53. The molecule has 0 saturated carbocycles. The van der Waals surface area contributed by atoms with E-state index in [4.69, 9.17) is 16.3 Å². The van der Waals surface area contributed by atoms with Crippen molar-refractivity contribution < 1.29 is 58.9 Å². The maximum atomic E-state index is 14.0. The van der Waals surface area contributed by atoms with Crippen LogP contribution in [-0.2, 0) is 23.6 Å². The fourth-order valence-electron chi connectivity index (χ4n) is 6.07. The largest absolute Gasteiger partial charge is 0.478 e. The number of carboxylic acid groups (broad SMARTS) is 1. The Morgan fingerprint density at radius 2 is 1.55 bits per heavy atom. The summed E-state index contributed by atoms with van der Waals surface area (Å²) in [7, 11) is 0. The predicted molar refractivity (Wildman–Crippen MR) is 160 cm³/mol. The molecule has 49 heavy (non-hydrogen) atoms. The first-order valence-corrected chi connectivity index (χ1v) is 14.9. The lowest BCUT2D eigenvalue weighted by Gasteiger charge is -2.31. The minimum absolute atomic E-state index is 0.0322. The second-order valence-corrected chi connectivity index (χ2v) is 12.2. The van der Waals surface area contributed by atoms with Crippen molar-refractivity contribution in [3.8, 4) is 11.1 Å². The minimum Gasteiger partial charge on any atom is -0.478 e. The molecule has 0 spiro atoms. The van der Waals surface area contributed by atoms with E-state index in [1.807, 2.05) is 0 Å². The maximum absolute atomic E-state index is 14.0. The zero-order valence-corrected chi connectivity index (χ0v) is 26.2. The topological polar surface area (TPSA) is 66.8 Å². The van der Waals surface area contributed by atoms with Crippen LogP contribution in [0.2, 0.25) is 5.02 Å². The van der Waals surface area contributed by atoms with Crippen molar-refractivity contribution in [1.29, 1.82) is 0 Å². The van der Waals surface area contributed by atoms with Gasteiger partial charge >= 0.3 is 30.6 Å². The summed E-state index contributed by atoms with van der Waals surface area (Å²) >= 11 is 6.58. The zero-order valence-electron chi connectivity index (χ0n) is 25.4. The monoisotopic (exact) mass is 717 g/mol. The number of carbonyl (C=O) groups is 2. The molecule has 1 N–H and O–H groups in total. The number of hydrogen-bond donors (Lipinski definition) is 1. The maximum Gasteiger partial charge on any atom is 0.416 e. The van der Waals surface area contributed by atoms with Crippen LogP contribution in [0.15, 0.2) is 77.9 Å². The summed E-state index contributed by atoms with van der Waals surface area (Å²) in [6, 6.07) is 8.93. The van der Waals surface area contributed by atoms with Gasteiger partial charge in [0.1, 0.15) is 6.10 Å². The molecule has 1 fully saturated rings. The molecule has 1 saturated heterocycles. The lowest BCUT2D eigenvalue weighted by Crippen LogP contribution is -2.36. The van der Waals surface area contributed by atoms with E-state index >= 15 is 0 Å². The van der Waals surface area contributed by atoms with E-state index in [-0.39, 0.29) is 28.6 Å². The van der Waals surface area contributed by atoms with Gasteiger partial charge < -0.3 is 9.84 Å². The van der Waals surface area contributed by atoms with Crippen molar-refractivity contribution in [2.24, 2.45) is 0 Å². The minimum atomic E-state index is -5.14. The van der Waals surface area contributed by atoms with Gasteiger partial charge in [-0.25, -0.2) is 9.59 Å². The highest BCUT2D eigenvalue weighted by molar-refractivity contribution is 6.31. The Labute approximate surface area is 278 Å². The molecule has 5 rings (SSSR count). The van der Waals surface area contributed by atoms with Crippen molar-refractivity contribution in [2.75, 3.05) is 0 Å². The summed E-state index contributed by atoms with van der Waals surface area (Å²) in [5.74, 6) is -2.04. The van der Waals surface area contributed by atoms with Crippen molar-refractivity contribution in [3.05, 3.63) is 116 Å². The molecule has 1 amide bonds. The SMILES string of the molecule is Cc1cc(C(=O)O)ccc1-c1ccc(Cl)c(C2CC=C(C(F)(F)F)C=C2C2OC(=O)N(Cc3cc(C(F)(F)F)cc(C(F)(F)F)c3)[C@@H]2C)c1. The highest BCUT2D eigenvalue weighted by Crippen LogP contribution is 2.46. The first-order valence-electron chi connectivity index (χ1n) is 14.5. The van der Waals surface area contributed by atoms with Crippen molar-refractivity contribution >= 4 is 23.7 Å². The molecule has 2 unspecified atom stereocenters. The number of benzene rings is 3. The second-order valence-electron chi connectivity index (χ2n) is 11.7. The summed E-state index contributed by atoms with van der Waals surface area (Å²) in [4.78, 5) is 25.3. The van der Waals surface area contributed by atoms with Crippen molar-refractivity contribution in [3.63, 3.8) is 0 Å². The van der Waals surface area contributed by atoms with E-state index in [0.29, 0.717) is 34.4 Å². The molecule has 5 nitrogen and oxygen atoms in total. The quantitative estimate of drug-likeness (QED) is 0.258. The number of alkyl halides is 9. The van der Waals surface area contributed by atoms with Crippen LogP contribution in [0.1, 0.15) is 57.4 Å². The van der Waals surface area contributed by atoms with Crippen molar-refractivity contribution in [2.45, 2.75) is 63.4 Å².